The summed E-state index contributed by atoms with van der Waals surface area (Å²) in [6.45, 7) is 2.49. The number of fused-ring (bicyclic) bond motifs is 1. The molecule has 1 aromatic carbocycles. The van der Waals surface area contributed by atoms with Gasteiger partial charge in [-0.3, -0.25) is 0 Å². The van der Waals surface area contributed by atoms with Crippen molar-refractivity contribution in [2.24, 2.45) is 0 Å². The molecule has 3 rings (SSSR count). The Balaban J connectivity index is 1.99. The van der Waals surface area contributed by atoms with Crippen molar-refractivity contribution in [3.8, 4) is 0 Å². The summed E-state index contributed by atoms with van der Waals surface area (Å²) in [6, 6.07) is 7.32. The summed E-state index contributed by atoms with van der Waals surface area (Å²) < 4.78 is 0. The van der Waals surface area contributed by atoms with E-state index < -0.39 is 5.97 Å². The molecular formula is C14H12N4O2S. The van der Waals surface area contributed by atoms with Gasteiger partial charge in [0.15, 0.2) is 0 Å². The van der Waals surface area contributed by atoms with Crippen molar-refractivity contribution < 1.29 is 9.90 Å². The number of aryl methyl sites for hydroxylation is 1. The Kier molecular flexibility index (Phi) is 3.49. The molecule has 0 aliphatic carbocycles. The Bertz CT molecular complexity index is 816. The molecule has 106 valence electrons. The number of para-hydroxylation sites is 1. The second-order valence-corrected chi connectivity index (χ2v) is 5.37. The number of aromatic nitrogens is 3. The van der Waals surface area contributed by atoms with Gasteiger partial charge in [-0.1, -0.05) is 12.1 Å². The zero-order valence-electron chi connectivity index (χ0n) is 11.2. The summed E-state index contributed by atoms with van der Waals surface area (Å²) in [6.07, 6.45) is 0. The number of hydrogen-bond acceptors (Lipinski definition) is 6. The first-order valence-corrected chi connectivity index (χ1v) is 7.16. The highest BCUT2D eigenvalue weighted by Gasteiger charge is 2.12. The van der Waals surface area contributed by atoms with E-state index in [9.17, 15) is 4.79 Å². The van der Waals surface area contributed by atoms with Gasteiger partial charge < -0.3 is 10.4 Å². The van der Waals surface area contributed by atoms with Crippen molar-refractivity contribution in [1.29, 1.82) is 0 Å². The second kappa shape index (κ2) is 5.45. The van der Waals surface area contributed by atoms with Crippen LogP contribution in [0.15, 0.2) is 29.8 Å². The van der Waals surface area contributed by atoms with E-state index in [4.69, 9.17) is 5.11 Å². The van der Waals surface area contributed by atoms with Gasteiger partial charge in [-0.25, -0.2) is 19.7 Å². The van der Waals surface area contributed by atoms with E-state index in [1.165, 1.54) is 0 Å². The molecule has 2 N–H and O–H groups in total. The summed E-state index contributed by atoms with van der Waals surface area (Å²) in [7, 11) is 0. The first kappa shape index (κ1) is 13.4. The van der Waals surface area contributed by atoms with E-state index in [2.05, 4.69) is 20.3 Å². The summed E-state index contributed by atoms with van der Waals surface area (Å²) >= 11 is 1.55. The largest absolute Gasteiger partial charge is 0.475 e. The number of nitrogens with zero attached hydrogens (tertiary/aromatic N) is 3. The zero-order valence-corrected chi connectivity index (χ0v) is 12.0. The van der Waals surface area contributed by atoms with Crippen LogP contribution < -0.4 is 5.32 Å². The minimum atomic E-state index is -1.14. The van der Waals surface area contributed by atoms with Gasteiger partial charge in [-0.05, 0) is 19.1 Å². The SMILES string of the molecule is Cc1ncsc1CNc1nc(C(=O)O)nc2ccccc12. The lowest BCUT2D eigenvalue weighted by Gasteiger charge is -2.09. The minimum Gasteiger partial charge on any atom is -0.475 e. The molecule has 21 heavy (non-hydrogen) atoms. The molecule has 0 unspecified atom stereocenters. The second-order valence-electron chi connectivity index (χ2n) is 4.43. The van der Waals surface area contributed by atoms with Crippen molar-refractivity contribution in [2.75, 3.05) is 5.32 Å². The highest BCUT2D eigenvalue weighted by atomic mass is 32.1. The Morgan fingerprint density at radius 3 is 2.86 bits per heavy atom. The standard InChI is InChI=1S/C14H12N4O2S/c1-8-11(21-7-16-8)6-15-12-9-4-2-3-5-10(9)17-13(18-12)14(19)20/h2-5,7H,6H2,1H3,(H,19,20)(H,15,17,18). The smallest absolute Gasteiger partial charge is 0.374 e. The molecule has 0 radical (unpaired) electrons. The molecule has 2 heterocycles. The van der Waals surface area contributed by atoms with Gasteiger partial charge in [-0.2, -0.15) is 0 Å². The molecular weight excluding hydrogens is 288 g/mol. The predicted molar refractivity (Wildman–Crippen MR) is 80.7 cm³/mol. The molecule has 0 aliphatic heterocycles. The molecule has 0 atom stereocenters. The third-order valence-corrected chi connectivity index (χ3v) is 3.99. The number of rotatable bonds is 4. The quantitative estimate of drug-likeness (QED) is 0.770. The number of carboxylic acids is 1. The highest BCUT2D eigenvalue weighted by Crippen LogP contribution is 2.22. The zero-order chi connectivity index (χ0) is 14.8. The molecule has 7 heteroatoms. The summed E-state index contributed by atoms with van der Waals surface area (Å²) in [5, 5.41) is 13.1. The summed E-state index contributed by atoms with van der Waals surface area (Å²) in [5.74, 6) is -0.833. The van der Waals surface area contributed by atoms with E-state index in [0.717, 1.165) is 16.0 Å². The Hall–Kier alpha value is -2.54. The van der Waals surface area contributed by atoms with Gasteiger partial charge in [0.25, 0.3) is 0 Å². The third kappa shape index (κ3) is 2.68. The van der Waals surface area contributed by atoms with Gasteiger partial charge >= 0.3 is 5.97 Å². The van der Waals surface area contributed by atoms with E-state index in [0.29, 0.717) is 17.9 Å². The summed E-state index contributed by atoms with van der Waals surface area (Å²) in [4.78, 5) is 24.5. The van der Waals surface area contributed by atoms with Crippen molar-refractivity contribution >= 4 is 34.0 Å². The number of hydrogen-bond donors (Lipinski definition) is 2. The lowest BCUT2D eigenvalue weighted by atomic mass is 10.2. The molecule has 0 amide bonds. The van der Waals surface area contributed by atoms with Gasteiger partial charge in [0.1, 0.15) is 5.82 Å². The molecule has 0 bridgehead atoms. The number of benzene rings is 1. The molecule has 0 spiro atoms. The van der Waals surface area contributed by atoms with Crippen LogP contribution in [-0.4, -0.2) is 26.0 Å². The molecule has 0 saturated heterocycles. The Morgan fingerprint density at radius 1 is 1.33 bits per heavy atom. The Labute approximate surface area is 124 Å². The number of anilines is 1. The van der Waals surface area contributed by atoms with Gasteiger partial charge in [0.05, 0.1) is 23.3 Å². The maximum atomic E-state index is 11.1. The normalized spacial score (nSPS) is 10.7. The number of carboxylic acid groups (broad SMARTS) is 1. The van der Waals surface area contributed by atoms with Crippen LogP contribution in [0.5, 0.6) is 0 Å². The van der Waals surface area contributed by atoms with Crippen LogP contribution in [0.2, 0.25) is 0 Å². The minimum absolute atomic E-state index is 0.211. The van der Waals surface area contributed by atoms with E-state index in [1.807, 2.05) is 25.1 Å². The van der Waals surface area contributed by atoms with Crippen LogP contribution in [0.4, 0.5) is 5.82 Å². The molecule has 0 fully saturated rings. The van der Waals surface area contributed by atoms with Crippen LogP contribution >= 0.6 is 11.3 Å². The number of aromatic carboxylic acids is 1. The fourth-order valence-corrected chi connectivity index (χ4v) is 2.68. The maximum Gasteiger partial charge on any atom is 0.374 e. The van der Waals surface area contributed by atoms with E-state index >= 15 is 0 Å². The summed E-state index contributed by atoms with van der Waals surface area (Å²) in [5.41, 5.74) is 3.35. The average Bonchev–Trinajstić information content (AvgIpc) is 2.89. The fraction of sp³-hybridized carbons (Fsp3) is 0.143. The topological polar surface area (TPSA) is 88.0 Å². The van der Waals surface area contributed by atoms with Crippen LogP contribution in [0.3, 0.4) is 0 Å². The number of nitrogens with one attached hydrogen (secondary N) is 1. The average molecular weight is 300 g/mol. The van der Waals surface area contributed by atoms with Gasteiger partial charge in [-0.15, -0.1) is 11.3 Å². The predicted octanol–water partition coefficient (Wildman–Crippen LogP) is 2.71. The molecule has 2 aromatic heterocycles. The van der Waals surface area contributed by atoms with E-state index in [1.54, 1.807) is 22.9 Å². The first-order chi connectivity index (χ1) is 10.1. The lowest BCUT2D eigenvalue weighted by Crippen LogP contribution is -2.09. The van der Waals surface area contributed by atoms with Crippen LogP contribution in [-0.2, 0) is 6.54 Å². The maximum absolute atomic E-state index is 11.1. The monoisotopic (exact) mass is 300 g/mol. The highest BCUT2D eigenvalue weighted by molar-refractivity contribution is 7.09. The Morgan fingerprint density at radius 2 is 2.14 bits per heavy atom. The number of thiazole rings is 1. The van der Waals surface area contributed by atoms with Crippen molar-refractivity contribution in [2.45, 2.75) is 13.5 Å². The molecule has 3 aromatic rings. The third-order valence-electron chi connectivity index (χ3n) is 3.06. The fourth-order valence-electron chi connectivity index (χ4n) is 1.97. The number of carbonyl (C=O) groups is 1. The van der Waals surface area contributed by atoms with Crippen molar-refractivity contribution in [1.82, 2.24) is 15.0 Å². The molecule has 0 aliphatic rings. The molecule has 6 nitrogen and oxygen atoms in total. The first-order valence-electron chi connectivity index (χ1n) is 6.28. The van der Waals surface area contributed by atoms with Crippen LogP contribution in [0.25, 0.3) is 10.9 Å². The lowest BCUT2D eigenvalue weighted by molar-refractivity contribution is 0.0684. The molecule has 0 saturated carbocycles. The van der Waals surface area contributed by atoms with Crippen LogP contribution in [0.1, 0.15) is 21.2 Å². The van der Waals surface area contributed by atoms with Crippen molar-refractivity contribution in [3.05, 3.63) is 46.2 Å². The van der Waals surface area contributed by atoms with Crippen molar-refractivity contribution in [3.63, 3.8) is 0 Å². The van der Waals surface area contributed by atoms with Crippen LogP contribution in [0, 0.1) is 6.92 Å². The van der Waals surface area contributed by atoms with Gasteiger partial charge in [0.2, 0.25) is 5.82 Å². The van der Waals surface area contributed by atoms with E-state index in [-0.39, 0.29) is 5.82 Å². The van der Waals surface area contributed by atoms with Gasteiger partial charge in [0, 0.05) is 10.3 Å².